The summed E-state index contributed by atoms with van der Waals surface area (Å²) in [4.78, 5) is 14.5. The van der Waals surface area contributed by atoms with Crippen molar-refractivity contribution in [1.29, 1.82) is 0 Å². The van der Waals surface area contributed by atoms with Gasteiger partial charge < -0.3 is 11.1 Å². The number of primary amides is 1. The molecule has 0 aliphatic carbocycles. The molecule has 0 fully saturated rings. The Hall–Kier alpha value is -1.44. The van der Waals surface area contributed by atoms with E-state index in [1.807, 2.05) is 0 Å². The maximum Gasteiger partial charge on any atom is 0.441 e. The summed E-state index contributed by atoms with van der Waals surface area (Å²) in [6.45, 7) is 0.131. The quantitative estimate of drug-likeness (QED) is 0.797. The standard InChI is InChI=1S/C9H10F3N3OS/c10-9(11,12)17-4-3-14-6-1-2-15-7(5-6)8(13)16/h1-2,5H,3-4H2,(H2,13,16)(H,14,15). The highest BCUT2D eigenvalue weighted by Crippen LogP contribution is 2.29. The predicted octanol–water partition coefficient (Wildman–Crippen LogP) is 1.85. The zero-order valence-corrected chi connectivity index (χ0v) is 9.44. The van der Waals surface area contributed by atoms with Gasteiger partial charge in [-0.1, -0.05) is 0 Å². The predicted molar refractivity (Wildman–Crippen MR) is 59.8 cm³/mol. The van der Waals surface area contributed by atoms with Crippen molar-refractivity contribution in [3.63, 3.8) is 0 Å². The number of nitrogens with one attached hydrogen (secondary N) is 1. The molecule has 1 amide bonds. The summed E-state index contributed by atoms with van der Waals surface area (Å²) in [6.07, 6.45) is 1.36. The van der Waals surface area contributed by atoms with Crippen LogP contribution in [0, 0.1) is 0 Å². The van der Waals surface area contributed by atoms with E-state index in [2.05, 4.69) is 10.3 Å². The fourth-order valence-corrected chi connectivity index (χ4v) is 1.47. The third kappa shape index (κ3) is 5.43. The first-order valence-electron chi connectivity index (χ1n) is 4.59. The number of thioether (sulfide) groups is 1. The highest BCUT2D eigenvalue weighted by atomic mass is 32.2. The first kappa shape index (κ1) is 13.6. The minimum absolute atomic E-state index is 0.0680. The van der Waals surface area contributed by atoms with Gasteiger partial charge in [-0.3, -0.25) is 9.78 Å². The Labute approximate surface area is 99.8 Å². The lowest BCUT2D eigenvalue weighted by Crippen LogP contribution is -2.14. The Bertz CT molecular complexity index is 397. The molecule has 0 unspecified atom stereocenters. The first-order chi connectivity index (χ1) is 7.88. The van der Waals surface area contributed by atoms with Crippen LogP contribution in [0.4, 0.5) is 18.9 Å². The maximum absolute atomic E-state index is 11.8. The Morgan fingerprint density at radius 3 is 2.82 bits per heavy atom. The summed E-state index contributed by atoms with van der Waals surface area (Å²) in [6, 6.07) is 2.94. The third-order valence-electron chi connectivity index (χ3n) is 1.71. The molecule has 1 rings (SSSR count). The van der Waals surface area contributed by atoms with Crippen LogP contribution in [0.25, 0.3) is 0 Å². The molecule has 8 heteroatoms. The van der Waals surface area contributed by atoms with Gasteiger partial charge in [0.05, 0.1) is 0 Å². The van der Waals surface area contributed by atoms with Crippen molar-refractivity contribution >= 4 is 23.4 Å². The normalized spacial score (nSPS) is 11.2. The van der Waals surface area contributed by atoms with Crippen molar-refractivity contribution in [1.82, 2.24) is 4.98 Å². The van der Waals surface area contributed by atoms with Gasteiger partial charge in [0.2, 0.25) is 0 Å². The van der Waals surface area contributed by atoms with E-state index in [1.165, 1.54) is 12.3 Å². The number of alkyl halides is 3. The largest absolute Gasteiger partial charge is 0.441 e. The second kappa shape index (κ2) is 5.76. The minimum Gasteiger partial charge on any atom is -0.384 e. The van der Waals surface area contributed by atoms with Gasteiger partial charge in [0.1, 0.15) is 5.69 Å². The van der Waals surface area contributed by atoms with E-state index in [4.69, 9.17) is 5.73 Å². The number of aromatic nitrogens is 1. The molecule has 17 heavy (non-hydrogen) atoms. The van der Waals surface area contributed by atoms with E-state index in [0.717, 1.165) is 0 Å². The van der Waals surface area contributed by atoms with Gasteiger partial charge in [0, 0.05) is 24.2 Å². The number of nitrogens with two attached hydrogens (primary N) is 1. The molecule has 0 atom stereocenters. The van der Waals surface area contributed by atoms with Gasteiger partial charge in [-0.25, -0.2) is 0 Å². The fraction of sp³-hybridized carbons (Fsp3) is 0.333. The van der Waals surface area contributed by atoms with Crippen LogP contribution in [-0.2, 0) is 0 Å². The van der Waals surface area contributed by atoms with E-state index < -0.39 is 11.4 Å². The number of amides is 1. The van der Waals surface area contributed by atoms with E-state index in [1.54, 1.807) is 6.07 Å². The number of halogens is 3. The number of carbonyl (C=O) groups is 1. The van der Waals surface area contributed by atoms with Gasteiger partial charge in [-0.2, -0.15) is 13.2 Å². The van der Waals surface area contributed by atoms with Crippen molar-refractivity contribution in [2.24, 2.45) is 5.73 Å². The van der Waals surface area contributed by atoms with Crippen molar-refractivity contribution in [3.8, 4) is 0 Å². The molecule has 3 N–H and O–H groups in total. The highest BCUT2D eigenvalue weighted by molar-refractivity contribution is 8.00. The SMILES string of the molecule is NC(=O)c1cc(NCCSC(F)(F)F)ccn1. The summed E-state index contributed by atoms with van der Waals surface area (Å²) < 4.78 is 35.4. The lowest BCUT2D eigenvalue weighted by atomic mass is 10.3. The summed E-state index contributed by atoms with van der Waals surface area (Å²) >= 11 is -0.106. The smallest absolute Gasteiger partial charge is 0.384 e. The molecule has 0 radical (unpaired) electrons. The molecule has 1 aromatic rings. The number of rotatable bonds is 5. The van der Waals surface area contributed by atoms with Crippen LogP contribution in [0.15, 0.2) is 18.3 Å². The molecule has 0 saturated heterocycles. The highest BCUT2D eigenvalue weighted by Gasteiger charge is 2.27. The van der Waals surface area contributed by atoms with Crippen molar-refractivity contribution < 1.29 is 18.0 Å². The molecule has 94 valence electrons. The molecule has 0 aliphatic rings. The number of nitrogens with zero attached hydrogens (tertiary/aromatic N) is 1. The maximum atomic E-state index is 11.8. The van der Waals surface area contributed by atoms with Crippen LogP contribution in [-0.4, -0.2) is 28.7 Å². The molecular formula is C9H10F3N3OS. The molecule has 0 saturated carbocycles. The molecule has 1 heterocycles. The summed E-state index contributed by atoms with van der Waals surface area (Å²) in [5.74, 6) is -0.795. The average molecular weight is 265 g/mol. The molecule has 0 aromatic carbocycles. The Balaban J connectivity index is 2.42. The zero-order chi connectivity index (χ0) is 12.9. The lowest BCUT2D eigenvalue weighted by molar-refractivity contribution is -0.0327. The number of anilines is 1. The lowest BCUT2D eigenvalue weighted by Gasteiger charge is -2.08. The van der Waals surface area contributed by atoms with Gasteiger partial charge in [-0.05, 0) is 23.9 Å². The monoisotopic (exact) mass is 265 g/mol. The first-order valence-corrected chi connectivity index (χ1v) is 5.57. The van der Waals surface area contributed by atoms with Crippen LogP contribution in [0.3, 0.4) is 0 Å². The Kier molecular flexibility index (Phi) is 4.62. The number of pyridine rings is 1. The molecule has 1 aromatic heterocycles. The summed E-state index contributed by atoms with van der Waals surface area (Å²) in [5, 5.41) is 2.74. The van der Waals surface area contributed by atoms with Gasteiger partial charge in [0.15, 0.2) is 0 Å². The van der Waals surface area contributed by atoms with Gasteiger partial charge >= 0.3 is 5.51 Å². The van der Waals surface area contributed by atoms with Crippen molar-refractivity contribution in [2.45, 2.75) is 5.51 Å². The fourth-order valence-electron chi connectivity index (χ4n) is 1.04. The second-order valence-corrected chi connectivity index (χ2v) is 4.17. The number of hydrogen-bond donors (Lipinski definition) is 2. The van der Waals surface area contributed by atoms with E-state index in [9.17, 15) is 18.0 Å². The molecule has 4 nitrogen and oxygen atoms in total. The van der Waals surface area contributed by atoms with Crippen LogP contribution >= 0.6 is 11.8 Å². The molecular weight excluding hydrogens is 255 g/mol. The number of carbonyl (C=O) groups excluding carboxylic acids is 1. The zero-order valence-electron chi connectivity index (χ0n) is 8.62. The molecule has 0 bridgehead atoms. The average Bonchev–Trinajstić information content (AvgIpc) is 2.23. The summed E-state index contributed by atoms with van der Waals surface area (Å²) in [7, 11) is 0. The van der Waals surface area contributed by atoms with Crippen LogP contribution in [0.2, 0.25) is 0 Å². The van der Waals surface area contributed by atoms with E-state index in [-0.39, 0.29) is 29.8 Å². The minimum atomic E-state index is -4.22. The second-order valence-electron chi connectivity index (χ2n) is 3.01. The topological polar surface area (TPSA) is 68.0 Å². The summed E-state index contributed by atoms with van der Waals surface area (Å²) in [5.41, 5.74) is 1.37. The third-order valence-corrected chi connectivity index (χ3v) is 2.44. The van der Waals surface area contributed by atoms with E-state index >= 15 is 0 Å². The van der Waals surface area contributed by atoms with Crippen LogP contribution < -0.4 is 11.1 Å². The van der Waals surface area contributed by atoms with Gasteiger partial charge in [-0.15, -0.1) is 0 Å². The van der Waals surface area contributed by atoms with Crippen molar-refractivity contribution in [2.75, 3.05) is 17.6 Å². The Morgan fingerprint density at radius 1 is 1.53 bits per heavy atom. The van der Waals surface area contributed by atoms with Crippen LogP contribution in [0.1, 0.15) is 10.5 Å². The van der Waals surface area contributed by atoms with Crippen molar-refractivity contribution in [3.05, 3.63) is 24.0 Å². The van der Waals surface area contributed by atoms with E-state index in [0.29, 0.717) is 5.69 Å². The number of hydrogen-bond acceptors (Lipinski definition) is 4. The Morgan fingerprint density at radius 2 is 2.24 bits per heavy atom. The van der Waals surface area contributed by atoms with Crippen LogP contribution in [0.5, 0.6) is 0 Å². The molecule has 0 spiro atoms. The van der Waals surface area contributed by atoms with Gasteiger partial charge in [0.25, 0.3) is 5.91 Å². The molecule has 0 aliphatic heterocycles.